The lowest BCUT2D eigenvalue weighted by atomic mass is 10.3. The van der Waals surface area contributed by atoms with Crippen molar-refractivity contribution in [1.29, 1.82) is 0 Å². The second-order valence-corrected chi connectivity index (χ2v) is 5.34. The van der Waals surface area contributed by atoms with E-state index in [9.17, 15) is 0 Å². The minimum absolute atomic E-state index is 0.142. The van der Waals surface area contributed by atoms with Gasteiger partial charge >= 0.3 is 0 Å². The lowest BCUT2D eigenvalue weighted by Gasteiger charge is -2.10. The van der Waals surface area contributed by atoms with Crippen LogP contribution in [0.2, 0.25) is 0 Å². The number of nitrogens with zero attached hydrogens (tertiary/aromatic N) is 1. The maximum absolute atomic E-state index is 5.82. The Kier molecular flexibility index (Phi) is 5.20. The molecular formula is C15H22N2O2S. The molecule has 0 atom stereocenters. The van der Waals surface area contributed by atoms with Crippen LogP contribution in [0.5, 0.6) is 5.75 Å². The number of H-pyrrole nitrogens is 1. The Balaban J connectivity index is 2.27. The lowest BCUT2D eigenvalue weighted by molar-refractivity contribution is 0.142. The number of aromatic nitrogens is 2. The van der Waals surface area contributed by atoms with E-state index < -0.39 is 0 Å². The number of aryl methyl sites for hydroxylation is 1. The molecule has 0 aliphatic carbocycles. The fraction of sp³-hybridized carbons (Fsp3) is 0.533. The summed E-state index contributed by atoms with van der Waals surface area (Å²) in [6.45, 7) is 8.41. The van der Waals surface area contributed by atoms with E-state index in [1.165, 1.54) is 0 Å². The highest BCUT2D eigenvalue weighted by Crippen LogP contribution is 2.26. The molecule has 0 saturated heterocycles. The first-order valence-corrected chi connectivity index (χ1v) is 7.50. The number of hydrogen-bond acceptors (Lipinski definition) is 3. The normalized spacial score (nSPS) is 11.4. The molecule has 0 unspecified atom stereocenters. The third-order valence-corrected chi connectivity index (χ3v) is 3.33. The van der Waals surface area contributed by atoms with E-state index >= 15 is 0 Å². The largest absolute Gasteiger partial charge is 0.489 e. The van der Waals surface area contributed by atoms with E-state index in [1.54, 1.807) is 0 Å². The van der Waals surface area contributed by atoms with Gasteiger partial charge in [-0.1, -0.05) is 6.07 Å². The van der Waals surface area contributed by atoms with Crippen LogP contribution >= 0.6 is 12.2 Å². The van der Waals surface area contributed by atoms with Gasteiger partial charge in [0, 0.05) is 19.8 Å². The first-order valence-electron chi connectivity index (χ1n) is 7.09. The van der Waals surface area contributed by atoms with E-state index in [-0.39, 0.29) is 6.10 Å². The third-order valence-electron chi connectivity index (χ3n) is 3.01. The minimum Gasteiger partial charge on any atom is -0.489 e. The number of rotatable bonds is 7. The number of nitrogens with one attached hydrogen (secondary N) is 1. The number of fused-ring (bicyclic) bond motifs is 1. The van der Waals surface area contributed by atoms with E-state index in [0.717, 1.165) is 47.7 Å². The Bertz CT molecular complexity index is 616. The highest BCUT2D eigenvalue weighted by Gasteiger charge is 2.10. The van der Waals surface area contributed by atoms with Crippen molar-refractivity contribution >= 4 is 23.3 Å². The molecule has 1 aromatic heterocycles. The van der Waals surface area contributed by atoms with Gasteiger partial charge in [-0.05, 0) is 51.5 Å². The van der Waals surface area contributed by atoms with Crippen LogP contribution in [-0.2, 0) is 11.3 Å². The molecule has 4 nitrogen and oxygen atoms in total. The molecule has 0 amide bonds. The van der Waals surface area contributed by atoms with Crippen LogP contribution in [0.15, 0.2) is 18.2 Å². The quantitative estimate of drug-likeness (QED) is 0.621. The highest BCUT2D eigenvalue weighted by molar-refractivity contribution is 7.71. The monoisotopic (exact) mass is 294 g/mol. The van der Waals surface area contributed by atoms with E-state index in [1.807, 2.05) is 32.9 Å². The van der Waals surface area contributed by atoms with Gasteiger partial charge in [0.05, 0.1) is 11.6 Å². The van der Waals surface area contributed by atoms with Crippen molar-refractivity contribution in [3.8, 4) is 5.75 Å². The third kappa shape index (κ3) is 3.41. The van der Waals surface area contributed by atoms with Crippen LogP contribution in [0.4, 0.5) is 0 Å². The average molecular weight is 294 g/mol. The molecule has 20 heavy (non-hydrogen) atoms. The van der Waals surface area contributed by atoms with Crippen LogP contribution in [0, 0.1) is 4.77 Å². The highest BCUT2D eigenvalue weighted by atomic mass is 32.1. The summed E-state index contributed by atoms with van der Waals surface area (Å²) in [5.41, 5.74) is 2.06. The summed E-state index contributed by atoms with van der Waals surface area (Å²) in [6, 6.07) is 6.04. The van der Waals surface area contributed by atoms with Gasteiger partial charge < -0.3 is 19.0 Å². The summed E-state index contributed by atoms with van der Waals surface area (Å²) in [5.74, 6) is 0.854. The van der Waals surface area contributed by atoms with Gasteiger partial charge in [0.25, 0.3) is 0 Å². The molecule has 0 bridgehead atoms. The number of para-hydroxylation sites is 1. The van der Waals surface area contributed by atoms with Crippen molar-refractivity contribution in [2.24, 2.45) is 0 Å². The fourth-order valence-electron chi connectivity index (χ4n) is 2.20. The summed E-state index contributed by atoms with van der Waals surface area (Å²) >= 11 is 5.42. The summed E-state index contributed by atoms with van der Waals surface area (Å²) < 4.78 is 14.0. The van der Waals surface area contributed by atoms with Crippen molar-refractivity contribution in [1.82, 2.24) is 9.55 Å². The zero-order valence-electron chi connectivity index (χ0n) is 12.3. The SMILES string of the molecule is CCOCCCn1c(=S)[nH]c2c(OC(C)C)cccc21. The molecule has 2 aromatic rings. The molecule has 0 aliphatic rings. The van der Waals surface area contributed by atoms with Crippen LogP contribution in [-0.4, -0.2) is 28.9 Å². The number of aromatic amines is 1. The molecule has 0 saturated carbocycles. The van der Waals surface area contributed by atoms with Crippen molar-refractivity contribution in [2.45, 2.75) is 39.8 Å². The number of ether oxygens (including phenoxy) is 2. The molecule has 5 heteroatoms. The van der Waals surface area contributed by atoms with Crippen molar-refractivity contribution < 1.29 is 9.47 Å². The molecule has 0 aliphatic heterocycles. The standard InChI is InChI=1S/C15H22N2O2S/c1-4-18-10-6-9-17-12-7-5-8-13(19-11(2)3)14(12)16-15(17)20/h5,7-8,11H,4,6,9-10H2,1-3H3,(H,16,20). The predicted octanol–water partition coefficient (Wildman–Crippen LogP) is 3.91. The summed E-state index contributed by atoms with van der Waals surface area (Å²) in [4.78, 5) is 3.25. The summed E-state index contributed by atoms with van der Waals surface area (Å²) in [6.07, 6.45) is 1.09. The van der Waals surface area contributed by atoms with Crippen molar-refractivity contribution in [3.63, 3.8) is 0 Å². The van der Waals surface area contributed by atoms with Crippen molar-refractivity contribution in [3.05, 3.63) is 23.0 Å². The van der Waals surface area contributed by atoms with E-state index in [2.05, 4.69) is 15.6 Å². The molecular weight excluding hydrogens is 272 g/mol. The smallest absolute Gasteiger partial charge is 0.178 e. The van der Waals surface area contributed by atoms with Crippen LogP contribution in [0.1, 0.15) is 27.2 Å². The first-order chi connectivity index (χ1) is 9.63. The maximum atomic E-state index is 5.82. The zero-order valence-corrected chi connectivity index (χ0v) is 13.1. The van der Waals surface area contributed by atoms with E-state index in [0.29, 0.717) is 0 Å². The second-order valence-electron chi connectivity index (χ2n) is 4.95. The topological polar surface area (TPSA) is 39.2 Å². The molecule has 2 rings (SSSR count). The van der Waals surface area contributed by atoms with Gasteiger partial charge in [0.1, 0.15) is 11.3 Å². The van der Waals surface area contributed by atoms with Gasteiger partial charge in [-0.2, -0.15) is 0 Å². The van der Waals surface area contributed by atoms with Crippen molar-refractivity contribution in [2.75, 3.05) is 13.2 Å². The Morgan fingerprint density at radius 3 is 2.85 bits per heavy atom. The lowest BCUT2D eigenvalue weighted by Crippen LogP contribution is -2.06. The van der Waals surface area contributed by atoms with E-state index in [4.69, 9.17) is 21.7 Å². The molecule has 0 radical (unpaired) electrons. The average Bonchev–Trinajstić information content (AvgIpc) is 2.72. The maximum Gasteiger partial charge on any atom is 0.178 e. The Morgan fingerprint density at radius 1 is 1.35 bits per heavy atom. The zero-order chi connectivity index (χ0) is 14.5. The molecule has 1 aromatic carbocycles. The molecule has 1 N–H and O–H groups in total. The van der Waals surface area contributed by atoms with Crippen LogP contribution in [0.25, 0.3) is 11.0 Å². The number of benzene rings is 1. The Morgan fingerprint density at radius 2 is 2.15 bits per heavy atom. The molecule has 110 valence electrons. The molecule has 1 heterocycles. The predicted molar refractivity (Wildman–Crippen MR) is 84.0 cm³/mol. The van der Waals surface area contributed by atoms with Gasteiger partial charge in [-0.3, -0.25) is 0 Å². The van der Waals surface area contributed by atoms with Gasteiger partial charge in [0.2, 0.25) is 0 Å². The first kappa shape index (κ1) is 15.1. The summed E-state index contributed by atoms with van der Waals surface area (Å²) in [5, 5.41) is 0. The van der Waals surface area contributed by atoms with Crippen LogP contribution in [0.3, 0.4) is 0 Å². The minimum atomic E-state index is 0.142. The molecule has 0 fully saturated rings. The molecule has 0 spiro atoms. The van der Waals surface area contributed by atoms with Gasteiger partial charge in [-0.15, -0.1) is 0 Å². The Labute approximate surface area is 124 Å². The summed E-state index contributed by atoms with van der Waals surface area (Å²) in [7, 11) is 0. The van der Waals surface area contributed by atoms with Crippen LogP contribution < -0.4 is 4.74 Å². The second kappa shape index (κ2) is 6.90. The fourth-order valence-corrected chi connectivity index (χ4v) is 2.49. The van der Waals surface area contributed by atoms with Gasteiger partial charge in [-0.25, -0.2) is 0 Å². The van der Waals surface area contributed by atoms with Gasteiger partial charge in [0.15, 0.2) is 4.77 Å². The Hall–Kier alpha value is -1.33. The number of imidazole rings is 1. The number of hydrogen-bond donors (Lipinski definition) is 1.